The lowest BCUT2D eigenvalue weighted by Crippen LogP contribution is -2.46. The lowest BCUT2D eigenvalue weighted by Gasteiger charge is -2.35. The zero-order chi connectivity index (χ0) is 13.9. The van der Waals surface area contributed by atoms with Crippen LogP contribution in [-0.4, -0.2) is 42.1 Å². The van der Waals surface area contributed by atoms with Gasteiger partial charge >= 0.3 is 0 Å². The van der Waals surface area contributed by atoms with Crippen molar-refractivity contribution in [1.29, 1.82) is 0 Å². The maximum Gasteiger partial charge on any atom is 0.260 e. The second-order valence-corrected chi connectivity index (χ2v) is 5.54. The van der Waals surface area contributed by atoms with Crippen molar-refractivity contribution in [2.75, 3.05) is 36.0 Å². The van der Waals surface area contributed by atoms with Crippen LogP contribution in [0.3, 0.4) is 0 Å². The molecule has 0 radical (unpaired) electrons. The van der Waals surface area contributed by atoms with Gasteiger partial charge in [-0.3, -0.25) is 4.79 Å². The Kier molecular flexibility index (Phi) is 3.51. The van der Waals surface area contributed by atoms with Gasteiger partial charge in [-0.25, -0.2) is 9.97 Å². The third-order valence-corrected chi connectivity index (χ3v) is 4.33. The number of nitrogens with zero attached hydrogens (tertiary/aromatic N) is 4. The summed E-state index contributed by atoms with van der Waals surface area (Å²) in [5, 5.41) is 0.861. The predicted molar refractivity (Wildman–Crippen MR) is 79.3 cm³/mol. The largest absolute Gasteiger partial charge is 0.365 e. The van der Waals surface area contributed by atoms with Crippen LogP contribution < -0.4 is 15.5 Å². The summed E-state index contributed by atoms with van der Waals surface area (Å²) in [4.78, 5) is 24.7. The number of piperazine rings is 1. The Morgan fingerprint density at radius 2 is 1.90 bits per heavy atom. The number of hydrogen-bond acceptors (Lipinski definition) is 6. The van der Waals surface area contributed by atoms with Crippen LogP contribution in [0, 0.1) is 0 Å². The molecule has 0 aliphatic carbocycles. The second kappa shape index (κ2) is 5.46. The number of primary amides is 1. The van der Waals surface area contributed by atoms with Gasteiger partial charge in [-0.15, -0.1) is 0 Å². The fourth-order valence-electron chi connectivity index (χ4n) is 2.19. The fourth-order valence-corrected chi connectivity index (χ4v) is 3.01. The van der Waals surface area contributed by atoms with Crippen LogP contribution in [0.4, 0.5) is 10.9 Å². The van der Waals surface area contributed by atoms with Crippen molar-refractivity contribution >= 4 is 28.2 Å². The molecule has 0 aromatic carbocycles. The molecule has 6 nitrogen and oxygen atoms in total. The molecule has 7 heteroatoms. The summed E-state index contributed by atoms with van der Waals surface area (Å²) in [6.45, 7) is 3.51. The topological polar surface area (TPSA) is 75.4 Å². The Hall–Kier alpha value is -2.15. The Labute approximate surface area is 120 Å². The molecular weight excluding hydrogens is 274 g/mol. The zero-order valence-electron chi connectivity index (χ0n) is 10.9. The summed E-state index contributed by atoms with van der Waals surface area (Å²) >= 11 is 1.35. The molecule has 0 bridgehead atoms. The van der Waals surface area contributed by atoms with Gasteiger partial charge in [0, 0.05) is 32.4 Å². The standard InChI is InChI=1S/C13H15N5OS/c14-12(19)10-9-16-13(20-10)18-7-5-17(6-8-18)11-3-1-2-4-15-11/h1-4,9H,5-8H2,(H2,14,19). The van der Waals surface area contributed by atoms with Gasteiger partial charge in [0.05, 0.1) is 6.20 Å². The number of carbonyl (C=O) groups is 1. The van der Waals surface area contributed by atoms with Crippen molar-refractivity contribution in [3.05, 3.63) is 35.5 Å². The van der Waals surface area contributed by atoms with Gasteiger partial charge in [-0.1, -0.05) is 17.4 Å². The molecule has 3 heterocycles. The van der Waals surface area contributed by atoms with Crippen LogP contribution in [0.5, 0.6) is 0 Å². The lowest BCUT2D eigenvalue weighted by molar-refractivity contribution is 0.100. The van der Waals surface area contributed by atoms with E-state index in [-0.39, 0.29) is 0 Å². The summed E-state index contributed by atoms with van der Waals surface area (Å²) in [6.07, 6.45) is 3.36. The van der Waals surface area contributed by atoms with Crippen molar-refractivity contribution in [3.63, 3.8) is 0 Å². The summed E-state index contributed by atoms with van der Waals surface area (Å²) in [6, 6.07) is 5.93. The average molecular weight is 289 g/mol. The van der Waals surface area contributed by atoms with Crippen molar-refractivity contribution in [3.8, 4) is 0 Å². The van der Waals surface area contributed by atoms with E-state index in [1.807, 2.05) is 24.4 Å². The normalized spacial score (nSPS) is 15.4. The Balaban J connectivity index is 1.65. The first-order valence-corrected chi connectivity index (χ1v) is 7.22. The van der Waals surface area contributed by atoms with E-state index in [2.05, 4.69) is 19.8 Å². The monoisotopic (exact) mass is 289 g/mol. The molecule has 1 aliphatic heterocycles. The number of anilines is 2. The number of rotatable bonds is 3. The van der Waals surface area contributed by atoms with E-state index in [0.717, 1.165) is 37.1 Å². The average Bonchev–Trinajstić information content (AvgIpc) is 2.98. The van der Waals surface area contributed by atoms with E-state index in [0.29, 0.717) is 4.88 Å². The fraction of sp³-hybridized carbons (Fsp3) is 0.308. The molecule has 1 amide bonds. The molecule has 1 saturated heterocycles. The van der Waals surface area contributed by atoms with E-state index in [1.165, 1.54) is 11.3 Å². The van der Waals surface area contributed by atoms with Gasteiger partial charge in [-0.2, -0.15) is 0 Å². The predicted octanol–water partition coefficient (Wildman–Crippen LogP) is 0.964. The van der Waals surface area contributed by atoms with Crippen LogP contribution in [-0.2, 0) is 0 Å². The lowest BCUT2D eigenvalue weighted by atomic mass is 10.3. The van der Waals surface area contributed by atoms with Gasteiger partial charge in [0.2, 0.25) is 0 Å². The summed E-state index contributed by atoms with van der Waals surface area (Å²) in [5.41, 5.74) is 5.25. The number of pyridine rings is 1. The summed E-state index contributed by atoms with van der Waals surface area (Å²) in [5.74, 6) is 0.588. The van der Waals surface area contributed by atoms with Crippen molar-refractivity contribution in [2.45, 2.75) is 0 Å². The van der Waals surface area contributed by atoms with Crippen LogP contribution >= 0.6 is 11.3 Å². The van der Waals surface area contributed by atoms with Gasteiger partial charge in [0.15, 0.2) is 5.13 Å². The van der Waals surface area contributed by atoms with Crippen molar-refractivity contribution < 1.29 is 4.79 Å². The molecular formula is C13H15N5OS. The number of amides is 1. The molecule has 2 N–H and O–H groups in total. The third-order valence-electron chi connectivity index (χ3n) is 3.26. The quantitative estimate of drug-likeness (QED) is 0.911. The highest BCUT2D eigenvalue weighted by atomic mass is 32.1. The van der Waals surface area contributed by atoms with Crippen LogP contribution in [0.15, 0.2) is 30.6 Å². The van der Waals surface area contributed by atoms with Gasteiger partial charge in [0.25, 0.3) is 5.91 Å². The first-order chi connectivity index (χ1) is 9.74. The minimum absolute atomic E-state index is 0.416. The van der Waals surface area contributed by atoms with E-state index < -0.39 is 5.91 Å². The molecule has 0 spiro atoms. The van der Waals surface area contributed by atoms with E-state index in [1.54, 1.807) is 6.20 Å². The second-order valence-electron chi connectivity index (χ2n) is 4.53. The maximum absolute atomic E-state index is 11.1. The molecule has 104 valence electrons. The highest BCUT2D eigenvalue weighted by Crippen LogP contribution is 2.24. The minimum Gasteiger partial charge on any atom is -0.365 e. The minimum atomic E-state index is -0.416. The number of nitrogens with two attached hydrogens (primary N) is 1. The van der Waals surface area contributed by atoms with E-state index in [9.17, 15) is 4.79 Å². The van der Waals surface area contributed by atoms with Gasteiger partial charge in [-0.05, 0) is 12.1 Å². The number of aromatic nitrogens is 2. The van der Waals surface area contributed by atoms with Crippen LogP contribution in [0.2, 0.25) is 0 Å². The van der Waals surface area contributed by atoms with Crippen LogP contribution in [0.25, 0.3) is 0 Å². The maximum atomic E-state index is 11.1. The highest BCUT2D eigenvalue weighted by Gasteiger charge is 2.20. The molecule has 20 heavy (non-hydrogen) atoms. The Bertz CT molecular complexity index is 592. The van der Waals surface area contributed by atoms with Gasteiger partial charge in [0.1, 0.15) is 10.7 Å². The van der Waals surface area contributed by atoms with E-state index >= 15 is 0 Å². The number of thiazole rings is 1. The van der Waals surface area contributed by atoms with E-state index in [4.69, 9.17) is 5.73 Å². The molecule has 0 saturated carbocycles. The van der Waals surface area contributed by atoms with Gasteiger partial charge < -0.3 is 15.5 Å². The summed E-state index contributed by atoms with van der Waals surface area (Å²) in [7, 11) is 0. The molecule has 0 atom stereocenters. The molecule has 0 unspecified atom stereocenters. The zero-order valence-corrected chi connectivity index (χ0v) is 11.7. The molecule has 3 rings (SSSR count). The first kappa shape index (κ1) is 12.9. The smallest absolute Gasteiger partial charge is 0.260 e. The Morgan fingerprint density at radius 1 is 1.15 bits per heavy atom. The number of hydrogen-bond donors (Lipinski definition) is 1. The van der Waals surface area contributed by atoms with Crippen LogP contribution in [0.1, 0.15) is 9.67 Å². The SMILES string of the molecule is NC(=O)c1cnc(N2CCN(c3ccccn3)CC2)s1. The Morgan fingerprint density at radius 3 is 2.50 bits per heavy atom. The summed E-state index contributed by atoms with van der Waals surface area (Å²) < 4.78 is 0. The first-order valence-electron chi connectivity index (χ1n) is 6.40. The van der Waals surface area contributed by atoms with Crippen molar-refractivity contribution in [2.24, 2.45) is 5.73 Å². The molecule has 1 fully saturated rings. The molecule has 2 aromatic heterocycles. The molecule has 2 aromatic rings. The van der Waals surface area contributed by atoms with Crippen molar-refractivity contribution in [1.82, 2.24) is 9.97 Å². The third kappa shape index (κ3) is 2.57. The molecule has 1 aliphatic rings. The number of carbonyl (C=O) groups excluding carboxylic acids is 1. The highest BCUT2D eigenvalue weighted by molar-refractivity contribution is 7.17.